The molecule has 0 aliphatic carbocycles. The first-order chi connectivity index (χ1) is 7.58. The van der Waals surface area contributed by atoms with Crippen molar-refractivity contribution in [1.29, 1.82) is 0 Å². The summed E-state index contributed by atoms with van der Waals surface area (Å²) in [5.41, 5.74) is 1.32. The van der Waals surface area contributed by atoms with Crippen LogP contribution in [0.2, 0.25) is 20.1 Å². The van der Waals surface area contributed by atoms with Gasteiger partial charge in [-0.3, -0.25) is 4.98 Å². The lowest BCUT2D eigenvalue weighted by Gasteiger charge is -2.06. The summed E-state index contributed by atoms with van der Waals surface area (Å²) >= 11 is 23.7. The Hall–Kier alpha value is -0.470. The Kier molecular flexibility index (Phi) is 3.60. The monoisotopic (exact) mass is 291 g/mol. The van der Waals surface area contributed by atoms with E-state index in [1.165, 1.54) is 6.20 Å². The number of aromatic nitrogens is 1. The van der Waals surface area contributed by atoms with E-state index in [0.717, 1.165) is 5.56 Å². The minimum atomic E-state index is 0.455. The first kappa shape index (κ1) is 12.0. The van der Waals surface area contributed by atoms with Gasteiger partial charge in [0.05, 0.1) is 20.8 Å². The second-order valence-corrected chi connectivity index (χ2v) is 4.80. The molecule has 0 bridgehead atoms. The fourth-order valence-corrected chi connectivity index (χ4v) is 2.27. The van der Waals surface area contributed by atoms with E-state index in [9.17, 15) is 0 Å². The van der Waals surface area contributed by atoms with Gasteiger partial charge in [0, 0.05) is 16.8 Å². The predicted molar refractivity (Wildman–Crippen MR) is 69.7 cm³/mol. The highest BCUT2D eigenvalue weighted by molar-refractivity contribution is 6.38. The third-order valence-electron chi connectivity index (χ3n) is 1.99. The number of halogens is 4. The summed E-state index contributed by atoms with van der Waals surface area (Å²) in [7, 11) is 0. The number of pyridine rings is 1. The van der Waals surface area contributed by atoms with E-state index in [-0.39, 0.29) is 0 Å². The molecule has 1 heterocycles. The highest BCUT2D eigenvalue weighted by Crippen LogP contribution is 2.34. The van der Waals surface area contributed by atoms with Gasteiger partial charge in [0.2, 0.25) is 0 Å². The summed E-state index contributed by atoms with van der Waals surface area (Å²) in [5, 5.41) is 2.01. The molecule has 0 aliphatic heterocycles. The molecule has 0 aliphatic rings. The SMILES string of the molecule is Clc1ccc(-c2ncc(Cl)cc2Cl)c(Cl)c1. The van der Waals surface area contributed by atoms with Crippen molar-refractivity contribution in [2.75, 3.05) is 0 Å². The molecule has 2 aromatic rings. The quantitative estimate of drug-likeness (QED) is 0.689. The van der Waals surface area contributed by atoms with Crippen LogP contribution in [-0.2, 0) is 0 Å². The molecule has 0 saturated carbocycles. The van der Waals surface area contributed by atoms with Crippen LogP contribution in [0, 0.1) is 0 Å². The van der Waals surface area contributed by atoms with Crippen LogP contribution in [0.3, 0.4) is 0 Å². The van der Waals surface area contributed by atoms with Crippen molar-refractivity contribution < 1.29 is 0 Å². The number of hydrogen-bond donors (Lipinski definition) is 0. The van der Waals surface area contributed by atoms with Crippen molar-refractivity contribution in [3.63, 3.8) is 0 Å². The molecule has 1 nitrogen and oxygen atoms in total. The summed E-state index contributed by atoms with van der Waals surface area (Å²) in [6.45, 7) is 0. The average Bonchev–Trinajstić information content (AvgIpc) is 2.19. The Balaban J connectivity index is 2.59. The highest BCUT2D eigenvalue weighted by atomic mass is 35.5. The molecule has 0 amide bonds. The van der Waals surface area contributed by atoms with Gasteiger partial charge in [0.15, 0.2) is 0 Å². The molecule has 0 spiro atoms. The molecule has 0 unspecified atom stereocenters. The van der Waals surface area contributed by atoms with Crippen LogP contribution in [-0.4, -0.2) is 4.98 Å². The second-order valence-electron chi connectivity index (χ2n) is 3.11. The lowest BCUT2D eigenvalue weighted by Crippen LogP contribution is -1.86. The molecular formula is C11H5Cl4N. The molecule has 16 heavy (non-hydrogen) atoms. The Labute approximate surface area is 113 Å². The van der Waals surface area contributed by atoms with E-state index in [4.69, 9.17) is 46.4 Å². The number of hydrogen-bond acceptors (Lipinski definition) is 1. The first-order valence-corrected chi connectivity index (χ1v) is 5.85. The normalized spacial score (nSPS) is 10.5. The molecule has 1 aromatic carbocycles. The van der Waals surface area contributed by atoms with Gasteiger partial charge in [-0.2, -0.15) is 0 Å². The minimum absolute atomic E-state index is 0.455. The van der Waals surface area contributed by atoms with E-state index in [1.807, 2.05) is 0 Å². The third kappa shape index (κ3) is 2.44. The van der Waals surface area contributed by atoms with E-state index in [1.54, 1.807) is 24.3 Å². The zero-order valence-corrected chi connectivity index (χ0v) is 10.9. The highest BCUT2D eigenvalue weighted by Gasteiger charge is 2.10. The standard InChI is InChI=1S/C11H5Cl4N/c12-6-1-2-8(9(14)3-6)11-10(15)4-7(13)5-16-11/h1-5H. The van der Waals surface area contributed by atoms with Crippen LogP contribution in [0.15, 0.2) is 30.5 Å². The van der Waals surface area contributed by atoms with Crippen LogP contribution >= 0.6 is 46.4 Å². The lowest BCUT2D eigenvalue weighted by molar-refractivity contribution is 1.33. The Morgan fingerprint density at radius 3 is 2.12 bits per heavy atom. The van der Waals surface area contributed by atoms with Gasteiger partial charge in [0.1, 0.15) is 0 Å². The summed E-state index contributed by atoms with van der Waals surface area (Å²) in [6.07, 6.45) is 1.52. The first-order valence-electron chi connectivity index (χ1n) is 4.34. The van der Waals surface area contributed by atoms with E-state index < -0.39 is 0 Å². The number of benzene rings is 1. The molecule has 5 heteroatoms. The topological polar surface area (TPSA) is 12.9 Å². The van der Waals surface area contributed by atoms with Crippen molar-refractivity contribution in [1.82, 2.24) is 4.98 Å². The van der Waals surface area contributed by atoms with Gasteiger partial charge in [-0.05, 0) is 24.3 Å². The van der Waals surface area contributed by atoms with Gasteiger partial charge < -0.3 is 0 Å². The van der Waals surface area contributed by atoms with Gasteiger partial charge >= 0.3 is 0 Å². The largest absolute Gasteiger partial charge is 0.253 e. The maximum atomic E-state index is 6.06. The van der Waals surface area contributed by atoms with Gasteiger partial charge in [-0.1, -0.05) is 46.4 Å². The van der Waals surface area contributed by atoms with Crippen LogP contribution in [0.5, 0.6) is 0 Å². The summed E-state index contributed by atoms with van der Waals surface area (Å²) < 4.78 is 0. The van der Waals surface area contributed by atoms with Gasteiger partial charge in [-0.25, -0.2) is 0 Å². The summed E-state index contributed by atoms with van der Waals surface area (Å²) in [4.78, 5) is 4.15. The van der Waals surface area contributed by atoms with Gasteiger partial charge in [-0.15, -0.1) is 0 Å². The predicted octanol–water partition coefficient (Wildman–Crippen LogP) is 5.36. The Morgan fingerprint density at radius 2 is 1.50 bits per heavy atom. The van der Waals surface area contributed by atoms with E-state index in [2.05, 4.69) is 4.98 Å². The molecule has 0 saturated heterocycles. The van der Waals surface area contributed by atoms with Crippen molar-refractivity contribution in [2.45, 2.75) is 0 Å². The summed E-state index contributed by atoms with van der Waals surface area (Å²) in [5.74, 6) is 0. The van der Waals surface area contributed by atoms with Crippen molar-refractivity contribution in [3.05, 3.63) is 50.6 Å². The fraction of sp³-hybridized carbons (Fsp3) is 0. The van der Waals surface area contributed by atoms with Crippen LogP contribution in [0.4, 0.5) is 0 Å². The molecule has 82 valence electrons. The number of rotatable bonds is 1. The molecular weight excluding hydrogens is 288 g/mol. The van der Waals surface area contributed by atoms with E-state index in [0.29, 0.717) is 25.8 Å². The second kappa shape index (κ2) is 4.80. The molecule has 2 rings (SSSR count). The van der Waals surface area contributed by atoms with E-state index >= 15 is 0 Å². The minimum Gasteiger partial charge on any atom is -0.253 e. The maximum absolute atomic E-state index is 6.06. The zero-order valence-electron chi connectivity index (χ0n) is 7.85. The molecule has 0 fully saturated rings. The third-order valence-corrected chi connectivity index (χ3v) is 3.04. The van der Waals surface area contributed by atoms with Crippen LogP contribution < -0.4 is 0 Å². The molecule has 0 radical (unpaired) electrons. The smallest absolute Gasteiger partial charge is 0.0904 e. The molecule has 0 atom stereocenters. The number of nitrogens with zero attached hydrogens (tertiary/aromatic N) is 1. The van der Waals surface area contributed by atoms with Crippen molar-refractivity contribution in [2.24, 2.45) is 0 Å². The maximum Gasteiger partial charge on any atom is 0.0904 e. The lowest BCUT2D eigenvalue weighted by atomic mass is 10.1. The summed E-state index contributed by atoms with van der Waals surface area (Å²) in [6, 6.07) is 6.77. The average molecular weight is 293 g/mol. The molecule has 0 N–H and O–H groups in total. The molecule has 1 aromatic heterocycles. The van der Waals surface area contributed by atoms with Crippen molar-refractivity contribution >= 4 is 46.4 Å². The Bertz CT molecular complexity index is 490. The van der Waals surface area contributed by atoms with Crippen molar-refractivity contribution in [3.8, 4) is 11.3 Å². The zero-order chi connectivity index (χ0) is 11.7. The van der Waals surface area contributed by atoms with Gasteiger partial charge in [0.25, 0.3) is 0 Å². The van der Waals surface area contributed by atoms with Crippen LogP contribution in [0.1, 0.15) is 0 Å². The Morgan fingerprint density at radius 1 is 0.812 bits per heavy atom. The fourth-order valence-electron chi connectivity index (χ4n) is 1.29. The van der Waals surface area contributed by atoms with Crippen LogP contribution in [0.25, 0.3) is 11.3 Å².